The van der Waals surface area contributed by atoms with Gasteiger partial charge < -0.3 is 10.2 Å². The third-order valence-electron chi connectivity index (χ3n) is 7.20. The van der Waals surface area contributed by atoms with Gasteiger partial charge in [0.1, 0.15) is 12.6 Å². The van der Waals surface area contributed by atoms with Gasteiger partial charge in [-0.3, -0.25) is 13.9 Å². The lowest BCUT2D eigenvalue weighted by atomic mass is 9.95. The summed E-state index contributed by atoms with van der Waals surface area (Å²) in [7, 11) is -4.24. The molecule has 0 unspecified atom stereocenters. The largest absolute Gasteiger partial charge is 0.352 e. The first-order valence-electron chi connectivity index (χ1n) is 13.4. The molecular weight excluding hydrogens is 605 g/mol. The Morgan fingerprint density at radius 2 is 1.56 bits per heavy atom. The third-order valence-corrected chi connectivity index (χ3v) is 10.0. The van der Waals surface area contributed by atoms with Crippen LogP contribution in [0.3, 0.4) is 0 Å². The van der Waals surface area contributed by atoms with Crippen LogP contribution in [0.4, 0.5) is 5.69 Å². The summed E-state index contributed by atoms with van der Waals surface area (Å²) in [4.78, 5) is 28.8. The zero-order chi connectivity index (χ0) is 29.6. The van der Waals surface area contributed by atoms with E-state index in [1.807, 2.05) is 0 Å². The molecule has 1 aliphatic rings. The molecule has 0 radical (unpaired) electrons. The molecular formula is C30H32Cl3N3O4S. The lowest BCUT2D eigenvalue weighted by Gasteiger charge is -2.33. The number of sulfonamides is 1. The lowest BCUT2D eigenvalue weighted by Crippen LogP contribution is -2.53. The van der Waals surface area contributed by atoms with Crippen LogP contribution in [0, 0.1) is 0 Å². The Labute approximate surface area is 256 Å². The molecule has 0 spiro atoms. The molecule has 1 aliphatic carbocycles. The minimum absolute atomic E-state index is 0.00573. The smallest absolute Gasteiger partial charge is 0.264 e. The van der Waals surface area contributed by atoms with Gasteiger partial charge in [-0.15, -0.1) is 0 Å². The summed E-state index contributed by atoms with van der Waals surface area (Å²) in [6, 6.07) is 18.5. The molecule has 0 aromatic heterocycles. The topological polar surface area (TPSA) is 86.8 Å². The van der Waals surface area contributed by atoms with E-state index >= 15 is 0 Å². The summed E-state index contributed by atoms with van der Waals surface area (Å²) in [5.41, 5.74) is 0.792. The summed E-state index contributed by atoms with van der Waals surface area (Å²) >= 11 is 18.8. The molecule has 1 fully saturated rings. The molecule has 0 bridgehead atoms. The van der Waals surface area contributed by atoms with E-state index in [9.17, 15) is 18.0 Å². The lowest BCUT2D eigenvalue weighted by molar-refractivity contribution is -0.139. The second kappa shape index (κ2) is 13.9. The maximum Gasteiger partial charge on any atom is 0.264 e. The first-order chi connectivity index (χ1) is 19.6. The summed E-state index contributed by atoms with van der Waals surface area (Å²) in [5, 5.41) is 3.75. The summed E-state index contributed by atoms with van der Waals surface area (Å²) in [6.07, 6.45) is 5.00. The number of nitrogens with one attached hydrogen (secondary N) is 1. The highest BCUT2D eigenvalue weighted by atomic mass is 35.5. The monoisotopic (exact) mass is 635 g/mol. The molecule has 41 heavy (non-hydrogen) atoms. The third kappa shape index (κ3) is 7.74. The van der Waals surface area contributed by atoms with E-state index < -0.39 is 28.5 Å². The van der Waals surface area contributed by atoms with Crippen molar-refractivity contribution in [1.29, 1.82) is 0 Å². The van der Waals surface area contributed by atoms with E-state index in [2.05, 4.69) is 5.32 Å². The molecule has 4 rings (SSSR count). The first kappa shape index (κ1) is 31.2. The Bertz CT molecular complexity index is 1460. The molecule has 3 aromatic carbocycles. The number of hydrogen-bond acceptors (Lipinski definition) is 4. The Kier molecular flexibility index (Phi) is 10.6. The van der Waals surface area contributed by atoms with Gasteiger partial charge >= 0.3 is 0 Å². The number of hydrogen-bond donors (Lipinski definition) is 1. The predicted molar refractivity (Wildman–Crippen MR) is 164 cm³/mol. The minimum atomic E-state index is -4.24. The molecule has 7 nitrogen and oxygen atoms in total. The highest BCUT2D eigenvalue weighted by Crippen LogP contribution is 2.35. The van der Waals surface area contributed by atoms with E-state index in [4.69, 9.17) is 34.8 Å². The van der Waals surface area contributed by atoms with Crippen molar-refractivity contribution in [3.8, 4) is 0 Å². The quantitative estimate of drug-likeness (QED) is 0.268. The summed E-state index contributed by atoms with van der Waals surface area (Å²) in [5.74, 6) is -0.876. The van der Waals surface area contributed by atoms with Crippen LogP contribution < -0.4 is 9.62 Å². The Balaban J connectivity index is 1.69. The maximum absolute atomic E-state index is 14.0. The second-order valence-electron chi connectivity index (χ2n) is 10.1. The van der Waals surface area contributed by atoms with Crippen molar-refractivity contribution in [3.63, 3.8) is 0 Å². The van der Waals surface area contributed by atoms with Crippen molar-refractivity contribution in [2.45, 2.75) is 62.6 Å². The fourth-order valence-electron chi connectivity index (χ4n) is 4.86. The van der Waals surface area contributed by atoms with Crippen LogP contribution in [0.15, 0.2) is 77.7 Å². The van der Waals surface area contributed by atoms with Gasteiger partial charge in [-0.2, -0.15) is 0 Å². The van der Waals surface area contributed by atoms with E-state index in [-0.39, 0.29) is 39.1 Å². The maximum atomic E-state index is 14.0. The zero-order valence-electron chi connectivity index (χ0n) is 22.6. The number of benzene rings is 3. The van der Waals surface area contributed by atoms with Crippen LogP contribution >= 0.6 is 34.8 Å². The van der Waals surface area contributed by atoms with Crippen molar-refractivity contribution in [3.05, 3.63) is 93.4 Å². The second-order valence-corrected chi connectivity index (χ2v) is 13.1. The highest BCUT2D eigenvalue weighted by Gasteiger charge is 2.34. The summed E-state index contributed by atoms with van der Waals surface area (Å²) < 4.78 is 28.7. The summed E-state index contributed by atoms with van der Waals surface area (Å²) in [6.45, 7) is 1.11. The van der Waals surface area contributed by atoms with Crippen molar-refractivity contribution >= 4 is 62.3 Å². The molecule has 0 heterocycles. The van der Waals surface area contributed by atoms with Gasteiger partial charge in [-0.1, -0.05) is 90.5 Å². The van der Waals surface area contributed by atoms with E-state index in [0.717, 1.165) is 42.0 Å². The SMILES string of the molecule is C[C@@H](C(=O)NC1CCCCC1)N(Cc1ccc(Cl)cc1)C(=O)CN(c1cccc(Cl)c1Cl)S(=O)(=O)c1ccccc1. The van der Waals surface area contributed by atoms with Crippen LogP contribution in [-0.2, 0) is 26.2 Å². The average molecular weight is 637 g/mol. The molecule has 11 heteroatoms. The van der Waals surface area contributed by atoms with E-state index in [1.165, 1.54) is 29.2 Å². The van der Waals surface area contributed by atoms with Gasteiger partial charge in [0.05, 0.1) is 20.6 Å². The standard InChI is InChI=1S/C30H32Cl3N3O4S/c1-21(30(38)34-24-9-4-2-5-10-24)35(19-22-15-17-23(31)18-16-22)28(37)20-36(27-14-8-13-26(32)29(27)33)41(39,40)25-11-6-3-7-12-25/h3,6-8,11-18,21,24H,2,4-5,9-10,19-20H2,1H3,(H,34,38)/t21-/m0/s1. The first-order valence-corrected chi connectivity index (χ1v) is 16.0. The Morgan fingerprint density at radius 3 is 2.22 bits per heavy atom. The average Bonchev–Trinajstić information content (AvgIpc) is 2.97. The fraction of sp³-hybridized carbons (Fsp3) is 0.333. The molecule has 0 aliphatic heterocycles. The molecule has 1 atom stereocenters. The van der Waals surface area contributed by atoms with Crippen LogP contribution in [0.2, 0.25) is 15.1 Å². The molecule has 1 N–H and O–H groups in total. The number of nitrogens with zero attached hydrogens (tertiary/aromatic N) is 2. The number of amides is 2. The molecule has 2 amide bonds. The Morgan fingerprint density at radius 1 is 0.902 bits per heavy atom. The fourth-order valence-corrected chi connectivity index (χ4v) is 6.88. The number of anilines is 1. The van der Waals surface area contributed by atoms with Crippen LogP contribution in [0.5, 0.6) is 0 Å². The van der Waals surface area contributed by atoms with Gasteiger partial charge in [0.2, 0.25) is 11.8 Å². The zero-order valence-corrected chi connectivity index (χ0v) is 25.7. The number of halogens is 3. The molecule has 1 saturated carbocycles. The normalized spacial score (nSPS) is 14.7. The minimum Gasteiger partial charge on any atom is -0.352 e. The van der Waals surface area contributed by atoms with Crippen LogP contribution in [-0.4, -0.2) is 43.8 Å². The van der Waals surface area contributed by atoms with Crippen LogP contribution in [0.1, 0.15) is 44.6 Å². The Hall–Kier alpha value is -2.78. The van der Waals surface area contributed by atoms with Gasteiger partial charge in [-0.05, 0) is 61.7 Å². The van der Waals surface area contributed by atoms with Crippen molar-refractivity contribution in [1.82, 2.24) is 10.2 Å². The van der Waals surface area contributed by atoms with Crippen molar-refractivity contribution < 1.29 is 18.0 Å². The van der Waals surface area contributed by atoms with Crippen molar-refractivity contribution in [2.75, 3.05) is 10.8 Å². The van der Waals surface area contributed by atoms with E-state index in [1.54, 1.807) is 55.5 Å². The highest BCUT2D eigenvalue weighted by molar-refractivity contribution is 7.92. The molecule has 0 saturated heterocycles. The van der Waals surface area contributed by atoms with Gasteiger partial charge in [0, 0.05) is 17.6 Å². The molecule has 218 valence electrons. The van der Waals surface area contributed by atoms with E-state index in [0.29, 0.717) is 5.02 Å². The van der Waals surface area contributed by atoms with Crippen LogP contribution in [0.25, 0.3) is 0 Å². The van der Waals surface area contributed by atoms with Crippen molar-refractivity contribution in [2.24, 2.45) is 0 Å². The number of carbonyl (C=O) groups is 2. The van der Waals surface area contributed by atoms with Gasteiger partial charge in [-0.25, -0.2) is 8.42 Å². The number of rotatable bonds is 10. The number of carbonyl (C=O) groups excluding carboxylic acids is 2. The van der Waals surface area contributed by atoms with Gasteiger partial charge in [0.25, 0.3) is 10.0 Å². The predicted octanol–water partition coefficient (Wildman–Crippen LogP) is 6.71. The molecule has 3 aromatic rings. The van der Waals surface area contributed by atoms with Gasteiger partial charge in [0.15, 0.2) is 0 Å².